The lowest BCUT2D eigenvalue weighted by atomic mass is 10.1. The highest BCUT2D eigenvalue weighted by Gasteiger charge is 2.25. The van der Waals surface area contributed by atoms with E-state index in [-0.39, 0.29) is 22.6 Å². The molecule has 0 spiro atoms. The van der Waals surface area contributed by atoms with Crippen LogP contribution < -0.4 is 5.56 Å². The van der Waals surface area contributed by atoms with E-state index >= 15 is 0 Å². The van der Waals surface area contributed by atoms with Gasteiger partial charge in [-0.25, -0.2) is 4.98 Å². The van der Waals surface area contributed by atoms with Crippen LogP contribution in [0.25, 0.3) is 10.9 Å². The van der Waals surface area contributed by atoms with Crippen molar-refractivity contribution in [3.8, 4) is 0 Å². The van der Waals surface area contributed by atoms with E-state index in [1.165, 1.54) is 18.2 Å². The Kier molecular flexibility index (Phi) is 6.48. The number of benzene rings is 1. The van der Waals surface area contributed by atoms with Crippen molar-refractivity contribution in [1.82, 2.24) is 14.5 Å². The van der Waals surface area contributed by atoms with E-state index in [0.717, 1.165) is 25.9 Å². The third-order valence-corrected chi connectivity index (χ3v) is 6.04. The van der Waals surface area contributed by atoms with Gasteiger partial charge in [0, 0.05) is 24.7 Å². The number of carbonyl (C=O) groups excluding carboxylic acids is 1. The summed E-state index contributed by atoms with van der Waals surface area (Å²) in [5, 5.41) is 1.36. The molecule has 1 saturated heterocycles. The molecular formula is C20H26ClN3O2S. The van der Waals surface area contributed by atoms with Gasteiger partial charge in [0.15, 0.2) is 5.16 Å². The van der Waals surface area contributed by atoms with Gasteiger partial charge in [-0.2, -0.15) is 0 Å². The van der Waals surface area contributed by atoms with Crippen molar-refractivity contribution in [2.75, 3.05) is 13.1 Å². The fourth-order valence-corrected chi connectivity index (χ4v) is 4.54. The molecule has 27 heavy (non-hydrogen) atoms. The van der Waals surface area contributed by atoms with Crippen LogP contribution >= 0.6 is 23.4 Å². The second-order valence-corrected chi connectivity index (χ2v) is 9.26. The lowest BCUT2D eigenvalue weighted by Crippen LogP contribution is -2.40. The maximum Gasteiger partial charge on any atom is 0.262 e. The first-order chi connectivity index (χ1) is 12.9. The molecule has 1 aliphatic rings. The minimum absolute atomic E-state index is 0.101. The quantitative estimate of drug-likeness (QED) is 0.550. The summed E-state index contributed by atoms with van der Waals surface area (Å²) in [6, 6.07) is 5.17. The molecule has 1 atom stereocenters. The molecule has 0 saturated carbocycles. The molecule has 2 aromatic rings. The Balaban J connectivity index is 1.95. The van der Waals surface area contributed by atoms with Crippen molar-refractivity contribution in [3.05, 3.63) is 33.6 Å². The molecule has 1 amide bonds. The topological polar surface area (TPSA) is 55.2 Å². The molecule has 7 heteroatoms. The Morgan fingerprint density at radius 1 is 1.22 bits per heavy atom. The number of thioether (sulfide) groups is 1. The van der Waals surface area contributed by atoms with Crippen molar-refractivity contribution in [2.45, 2.75) is 57.0 Å². The Hall–Kier alpha value is -1.53. The molecule has 146 valence electrons. The number of hydrogen-bond donors (Lipinski definition) is 0. The van der Waals surface area contributed by atoms with Gasteiger partial charge >= 0.3 is 0 Å². The van der Waals surface area contributed by atoms with Crippen LogP contribution in [0.4, 0.5) is 0 Å². The van der Waals surface area contributed by atoms with E-state index in [9.17, 15) is 9.59 Å². The van der Waals surface area contributed by atoms with Gasteiger partial charge in [0.2, 0.25) is 5.91 Å². The van der Waals surface area contributed by atoms with E-state index in [0.29, 0.717) is 27.6 Å². The van der Waals surface area contributed by atoms with Crippen LogP contribution in [-0.2, 0) is 11.3 Å². The van der Waals surface area contributed by atoms with Crippen LogP contribution in [0.3, 0.4) is 0 Å². The zero-order valence-electron chi connectivity index (χ0n) is 16.1. The Bertz CT molecular complexity index is 891. The molecule has 1 fully saturated rings. The first kappa shape index (κ1) is 20.2. The SMILES string of the molecule is CC(C)Cn1c(SC(C)C(=O)N2CCCCC2)nc2ccc(Cl)cc2c1=O. The molecule has 1 aliphatic heterocycles. The lowest BCUT2D eigenvalue weighted by Gasteiger charge is -2.29. The minimum Gasteiger partial charge on any atom is -0.342 e. The number of halogens is 1. The van der Waals surface area contributed by atoms with Crippen LogP contribution in [0.15, 0.2) is 28.2 Å². The summed E-state index contributed by atoms with van der Waals surface area (Å²) in [5.41, 5.74) is 0.515. The summed E-state index contributed by atoms with van der Waals surface area (Å²) < 4.78 is 1.69. The third-order valence-electron chi connectivity index (χ3n) is 4.73. The average molecular weight is 408 g/mol. The highest BCUT2D eigenvalue weighted by Crippen LogP contribution is 2.26. The van der Waals surface area contributed by atoms with Crippen LogP contribution in [-0.4, -0.2) is 38.7 Å². The summed E-state index contributed by atoms with van der Waals surface area (Å²) in [7, 11) is 0. The second kappa shape index (κ2) is 8.65. The van der Waals surface area contributed by atoms with Gasteiger partial charge < -0.3 is 4.90 Å². The van der Waals surface area contributed by atoms with E-state index in [1.54, 1.807) is 22.8 Å². The molecule has 0 N–H and O–H groups in total. The normalized spacial score (nSPS) is 16.1. The van der Waals surface area contributed by atoms with Crippen molar-refractivity contribution in [1.29, 1.82) is 0 Å². The molecule has 0 aliphatic carbocycles. The predicted octanol–water partition coefficient (Wildman–Crippen LogP) is 4.20. The number of aromatic nitrogens is 2. The summed E-state index contributed by atoms with van der Waals surface area (Å²) in [4.78, 5) is 32.5. The van der Waals surface area contributed by atoms with E-state index < -0.39 is 0 Å². The molecule has 0 radical (unpaired) electrons. The molecule has 0 bridgehead atoms. The predicted molar refractivity (Wildman–Crippen MR) is 112 cm³/mol. The number of amides is 1. The molecule has 1 aromatic carbocycles. The molecule has 3 rings (SSSR count). The number of piperidine rings is 1. The minimum atomic E-state index is -0.279. The molecule has 5 nitrogen and oxygen atoms in total. The number of nitrogens with zero attached hydrogens (tertiary/aromatic N) is 3. The van der Waals surface area contributed by atoms with E-state index in [1.807, 2.05) is 11.8 Å². The lowest BCUT2D eigenvalue weighted by molar-refractivity contribution is -0.131. The summed E-state index contributed by atoms with van der Waals surface area (Å²) >= 11 is 7.44. The van der Waals surface area contributed by atoms with Gasteiger partial charge in [0.25, 0.3) is 5.56 Å². The smallest absolute Gasteiger partial charge is 0.262 e. The number of hydrogen-bond acceptors (Lipinski definition) is 4. The Morgan fingerprint density at radius 3 is 2.59 bits per heavy atom. The van der Waals surface area contributed by atoms with E-state index in [2.05, 4.69) is 13.8 Å². The average Bonchev–Trinajstić information content (AvgIpc) is 2.65. The zero-order chi connectivity index (χ0) is 19.6. The first-order valence-corrected chi connectivity index (χ1v) is 10.8. The summed E-state index contributed by atoms with van der Waals surface area (Å²) in [6.07, 6.45) is 3.32. The fraction of sp³-hybridized carbons (Fsp3) is 0.550. The van der Waals surface area contributed by atoms with Crippen molar-refractivity contribution in [3.63, 3.8) is 0 Å². The highest BCUT2D eigenvalue weighted by molar-refractivity contribution is 8.00. The second-order valence-electron chi connectivity index (χ2n) is 7.51. The summed E-state index contributed by atoms with van der Waals surface area (Å²) in [5.74, 6) is 0.412. The molecule has 2 heterocycles. The van der Waals surface area contributed by atoms with Crippen molar-refractivity contribution >= 4 is 40.2 Å². The van der Waals surface area contributed by atoms with Gasteiger partial charge in [-0.3, -0.25) is 14.2 Å². The van der Waals surface area contributed by atoms with E-state index in [4.69, 9.17) is 16.6 Å². The fourth-order valence-electron chi connectivity index (χ4n) is 3.37. The van der Waals surface area contributed by atoms with Crippen LogP contribution in [0.2, 0.25) is 5.02 Å². The maximum absolute atomic E-state index is 13.0. The zero-order valence-corrected chi connectivity index (χ0v) is 17.6. The summed E-state index contributed by atoms with van der Waals surface area (Å²) in [6.45, 7) is 8.23. The number of rotatable bonds is 5. The van der Waals surface area contributed by atoms with Gasteiger partial charge in [-0.15, -0.1) is 0 Å². The number of fused-ring (bicyclic) bond motifs is 1. The van der Waals surface area contributed by atoms with Crippen LogP contribution in [0.1, 0.15) is 40.0 Å². The molecule has 1 unspecified atom stereocenters. The number of likely N-dealkylation sites (tertiary alicyclic amines) is 1. The highest BCUT2D eigenvalue weighted by atomic mass is 35.5. The molecule has 1 aromatic heterocycles. The number of carbonyl (C=O) groups is 1. The first-order valence-electron chi connectivity index (χ1n) is 9.52. The van der Waals surface area contributed by atoms with Gasteiger partial charge in [0.05, 0.1) is 16.2 Å². The Morgan fingerprint density at radius 2 is 1.93 bits per heavy atom. The van der Waals surface area contributed by atoms with Crippen LogP contribution in [0.5, 0.6) is 0 Å². The largest absolute Gasteiger partial charge is 0.342 e. The standard InChI is InChI=1S/C20H26ClN3O2S/c1-13(2)12-24-19(26)16-11-15(21)7-8-17(16)22-20(24)27-14(3)18(25)23-9-5-4-6-10-23/h7-8,11,13-14H,4-6,9-10,12H2,1-3H3. The maximum atomic E-state index is 13.0. The van der Waals surface area contributed by atoms with Gasteiger partial charge in [-0.05, 0) is 50.3 Å². The van der Waals surface area contributed by atoms with Gasteiger partial charge in [0.1, 0.15) is 0 Å². The Labute approximate surface area is 169 Å². The molecular weight excluding hydrogens is 382 g/mol. The van der Waals surface area contributed by atoms with Crippen LogP contribution in [0, 0.1) is 5.92 Å². The third kappa shape index (κ3) is 4.66. The van der Waals surface area contributed by atoms with Gasteiger partial charge in [-0.1, -0.05) is 37.2 Å². The van der Waals surface area contributed by atoms with Crippen molar-refractivity contribution in [2.24, 2.45) is 5.92 Å². The monoisotopic (exact) mass is 407 g/mol. The van der Waals surface area contributed by atoms with Crippen molar-refractivity contribution < 1.29 is 4.79 Å².